The molecule has 0 saturated carbocycles. The molecule has 1 aliphatic rings. The van der Waals surface area contributed by atoms with Gasteiger partial charge in [-0.05, 0) is 24.9 Å². The Hall–Kier alpha value is -1.69. The largest absolute Gasteiger partial charge is 0.356 e. The van der Waals surface area contributed by atoms with E-state index in [1.165, 1.54) is 12.3 Å². The van der Waals surface area contributed by atoms with E-state index in [1.807, 2.05) is 0 Å². The van der Waals surface area contributed by atoms with Crippen molar-refractivity contribution in [1.82, 2.24) is 4.98 Å². The highest BCUT2D eigenvalue weighted by molar-refractivity contribution is 5.43. The van der Waals surface area contributed by atoms with Crippen LogP contribution >= 0.6 is 0 Å². The molecule has 0 aliphatic carbocycles. The van der Waals surface area contributed by atoms with E-state index in [1.54, 1.807) is 6.07 Å². The number of nitro groups is 1. The van der Waals surface area contributed by atoms with Crippen LogP contribution in [0.25, 0.3) is 0 Å². The Morgan fingerprint density at radius 1 is 1.62 bits per heavy atom. The maximum atomic E-state index is 10.5. The average Bonchev–Trinajstić information content (AvgIpc) is 2.77. The highest BCUT2D eigenvalue weighted by Gasteiger charge is 2.22. The van der Waals surface area contributed by atoms with Crippen molar-refractivity contribution in [2.45, 2.75) is 6.42 Å². The van der Waals surface area contributed by atoms with Crippen LogP contribution in [-0.4, -0.2) is 29.5 Å². The molecule has 16 heavy (non-hydrogen) atoms. The second-order valence-electron chi connectivity index (χ2n) is 3.97. The first-order valence-electron chi connectivity index (χ1n) is 5.26. The lowest BCUT2D eigenvalue weighted by molar-refractivity contribution is -0.385. The molecule has 0 aromatic carbocycles. The molecule has 0 radical (unpaired) electrons. The van der Waals surface area contributed by atoms with Crippen molar-refractivity contribution in [3.63, 3.8) is 0 Å². The van der Waals surface area contributed by atoms with Gasteiger partial charge in [0.15, 0.2) is 0 Å². The van der Waals surface area contributed by atoms with Gasteiger partial charge in [0.2, 0.25) is 0 Å². The molecule has 1 aromatic rings. The quantitative estimate of drug-likeness (QED) is 0.603. The number of anilines is 1. The molecule has 2 heterocycles. The summed E-state index contributed by atoms with van der Waals surface area (Å²) in [6, 6.07) is 3.18. The zero-order chi connectivity index (χ0) is 11.5. The molecule has 1 fully saturated rings. The van der Waals surface area contributed by atoms with Gasteiger partial charge in [0.05, 0.1) is 4.92 Å². The molecule has 0 bridgehead atoms. The number of hydrogen-bond acceptors (Lipinski definition) is 5. The zero-order valence-electron chi connectivity index (χ0n) is 8.87. The summed E-state index contributed by atoms with van der Waals surface area (Å²) in [5.41, 5.74) is 5.63. The normalized spacial score (nSPS) is 20.1. The van der Waals surface area contributed by atoms with E-state index in [0.717, 1.165) is 25.3 Å². The summed E-state index contributed by atoms with van der Waals surface area (Å²) in [4.78, 5) is 16.2. The van der Waals surface area contributed by atoms with Gasteiger partial charge >= 0.3 is 0 Å². The van der Waals surface area contributed by atoms with Gasteiger partial charge in [0.25, 0.3) is 5.69 Å². The van der Waals surface area contributed by atoms with E-state index >= 15 is 0 Å². The number of nitrogens with two attached hydrogens (primary N) is 1. The molecule has 6 heteroatoms. The molecule has 1 atom stereocenters. The van der Waals surface area contributed by atoms with Gasteiger partial charge < -0.3 is 10.6 Å². The fourth-order valence-electron chi connectivity index (χ4n) is 1.91. The highest BCUT2D eigenvalue weighted by atomic mass is 16.6. The van der Waals surface area contributed by atoms with Gasteiger partial charge in [-0.2, -0.15) is 0 Å². The van der Waals surface area contributed by atoms with Gasteiger partial charge in [-0.3, -0.25) is 10.1 Å². The van der Waals surface area contributed by atoms with Gasteiger partial charge in [-0.1, -0.05) is 0 Å². The molecule has 0 amide bonds. The van der Waals surface area contributed by atoms with Crippen molar-refractivity contribution in [3.05, 3.63) is 28.4 Å². The van der Waals surface area contributed by atoms with Crippen LogP contribution in [0.1, 0.15) is 6.42 Å². The third-order valence-corrected chi connectivity index (χ3v) is 2.89. The third-order valence-electron chi connectivity index (χ3n) is 2.89. The molecule has 2 rings (SSSR count). The third kappa shape index (κ3) is 2.11. The minimum atomic E-state index is -0.441. The van der Waals surface area contributed by atoms with Crippen molar-refractivity contribution in [2.24, 2.45) is 11.7 Å². The lowest BCUT2D eigenvalue weighted by atomic mass is 10.1. The summed E-state index contributed by atoms with van der Waals surface area (Å²) in [5.74, 6) is 1.30. The van der Waals surface area contributed by atoms with Crippen molar-refractivity contribution >= 4 is 11.5 Å². The van der Waals surface area contributed by atoms with E-state index in [2.05, 4.69) is 9.88 Å². The Balaban J connectivity index is 2.08. The van der Waals surface area contributed by atoms with E-state index in [4.69, 9.17) is 5.73 Å². The number of aromatic nitrogens is 1. The highest BCUT2D eigenvalue weighted by Crippen LogP contribution is 2.22. The van der Waals surface area contributed by atoms with E-state index in [0.29, 0.717) is 12.5 Å². The Labute approximate surface area is 93.2 Å². The molecule has 2 N–H and O–H groups in total. The molecule has 1 saturated heterocycles. The van der Waals surface area contributed by atoms with Crippen LogP contribution in [0, 0.1) is 16.0 Å². The number of pyridine rings is 1. The minimum Gasteiger partial charge on any atom is -0.356 e. The SMILES string of the molecule is NC[C@@H]1CCN(c2ccc([N+](=O)[O-])cn2)C1. The predicted octanol–water partition coefficient (Wildman–Crippen LogP) is 0.775. The maximum absolute atomic E-state index is 10.5. The standard InChI is InChI=1S/C10H14N4O2/c11-5-8-3-4-13(7-8)10-2-1-9(6-12-10)14(15)16/h1-2,6,8H,3-5,7,11H2/t8-/m0/s1. The summed E-state index contributed by atoms with van der Waals surface area (Å²) >= 11 is 0. The molecule has 1 aliphatic heterocycles. The Morgan fingerprint density at radius 2 is 2.44 bits per heavy atom. The van der Waals surface area contributed by atoms with Crippen molar-refractivity contribution in [2.75, 3.05) is 24.5 Å². The van der Waals surface area contributed by atoms with E-state index < -0.39 is 4.92 Å². The van der Waals surface area contributed by atoms with Gasteiger partial charge in [0, 0.05) is 19.2 Å². The molecule has 0 spiro atoms. The lowest BCUT2D eigenvalue weighted by Gasteiger charge is -2.16. The summed E-state index contributed by atoms with van der Waals surface area (Å²) in [7, 11) is 0. The van der Waals surface area contributed by atoms with Crippen molar-refractivity contribution < 1.29 is 4.92 Å². The summed E-state index contributed by atoms with van der Waals surface area (Å²) < 4.78 is 0. The molecular weight excluding hydrogens is 208 g/mol. The Kier molecular flexibility index (Phi) is 3.00. The molecular formula is C10H14N4O2. The second kappa shape index (κ2) is 4.44. The number of nitrogens with zero attached hydrogens (tertiary/aromatic N) is 3. The second-order valence-corrected chi connectivity index (χ2v) is 3.97. The zero-order valence-corrected chi connectivity index (χ0v) is 8.87. The van der Waals surface area contributed by atoms with Gasteiger partial charge in [-0.25, -0.2) is 4.98 Å². The van der Waals surface area contributed by atoms with Gasteiger partial charge in [0.1, 0.15) is 12.0 Å². The smallest absolute Gasteiger partial charge is 0.287 e. The van der Waals surface area contributed by atoms with Crippen LogP contribution in [0.3, 0.4) is 0 Å². The maximum Gasteiger partial charge on any atom is 0.287 e. The van der Waals surface area contributed by atoms with Crippen molar-refractivity contribution in [1.29, 1.82) is 0 Å². The molecule has 0 unspecified atom stereocenters. The van der Waals surface area contributed by atoms with E-state index in [9.17, 15) is 10.1 Å². The lowest BCUT2D eigenvalue weighted by Crippen LogP contribution is -2.23. The molecule has 86 valence electrons. The predicted molar refractivity (Wildman–Crippen MR) is 60.3 cm³/mol. The first-order chi connectivity index (χ1) is 7.70. The number of hydrogen-bond donors (Lipinski definition) is 1. The monoisotopic (exact) mass is 222 g/mol. The van der Waals surface area contributed by atoms with Crippen LogP contribution in [-0.2, 0) is 0 Å². The first-order valence-corrected chi connectivity index (χ1v) is 5.26. The summed E-state index contributed by atoms with van der Waals surface area (Å²) in [6.45, 7) is 2.50. The van der Waals surface area contributed by atoms with Crippen LogP contribution in [0.4, 0.5) is 11.5 Å². The van der Waals surface area contributed by atoms with E-state index in [-0.39, 0.29) is 5.69 Å². The van der Waals surface area contributed by atoms with Crippen LogP contribution in [0.2, 0.25) is 0 Å². The fourth-order valence-corrected chi connectivity index (χ4v) is 1.91. The van der Waals surface area contributed by atoms with Gasteiger partial charge in [-0.15, -0.1) is 0 Å². The van der Waals surface area contributed by atoms with Crippen LogP contribution in [0.15, 0.2) is 18.3 Å². The average molecular weight is 222 g/mol. The number of rotatable bonds is 3. The first kappa shape index (κ1) is 10.8. The molecule has 6 nitrogen and oxygen atoms in total. The van der Waals surface area contributed by atoms with Crippen LogP contribution < -0.4 is 10.6 Å². The van der Waals surface area contributed by atoms with Crippen LogP contribution in [0.5, 0.6) is 0 Å². The summed E-state index contributed by atoms with van der Waals surface area (Å²) in [5, 5.41) is 10.5. The topological polar surface area (TPSA) is 85.3 Å². The Morgan fingerprint density at radius 3 is 2.94 bits per heavy atom. The molecule has 1 aromatic heterocycles. The summed E-state index contributed by atoms with van der Waals surface area (Å²) in [6.07, 6.45) is 2.36. The van der Waals surface area contributed by atoms with Crippen molar-refractivity contribution in [3.8, 4) is 0 Å². The fraction of sp³-hybridized carbons (Fsp3) is 0.500. The Bertz CT molecular complexity index is 379. The minimum absolute atomic E-state index is 0.0262.